The van der Waals surface area contributed by atoms with Gasteiger partial charge < -0.3 is 5.32 Å². The molecule has 2 rings (SSSR count). The van der Waals surface area contributed by atoms with E-state index in [4.69, 9.17) is 0 Å². The minimum Gasteiger partial charge on any atom is -0.382 e. The standard InChI is InChI=1S/C16H22N2S/c1-5-11(2)12(3)17-15-8-6-14(7-9-15)16-10-19-13(4)18-16/h6-12,17H,5H2,1-4H3. The molecule has 2 aromatic rings. The number of hydrogen-bond donors (Lipinski definition) is 1. The van der Waals surface area contributed by atoms with Crippen LogP contribution in [0.1, 0.15) is 32.2 Å². The summed E-state index contributed by atoms with van der Waals surface area (Å²) in [6.45, 7) is 8.80. The quantitative estimate of drug-likeness (QED) is 0.833. The lowest BCUT2D eigenvalue weighted by atomic mass is 10.0. The number of benzene rings is 1. The van der Waals surface area contributed by atoms with Gasteiger partial charge in [-0.15, -0.1) is 11.3 Å². The average molecular weight is 274 g/mol. The summed E-state index contributed by atoms with van der Waals surface area (Å²) < 4.78 is 0. The second-order valence-electron chi connectivity index (χ2n) is 5.15. The van der Waals surface area contributed by atoms with Crippen molar-refractivity contribution in [1.29, 1.82) is 0 Å². The summed E-state index contributed by atoms with van der Waals surface area (Å²) in [7, 11) is 0. The molecule has 0 saturated heterocycles. The molecule has 0 spiro atoms. The summed E-state index contributed by atoms with van der Waals surface area (Å²) in [6, 6.07) is 9.06. The van der Waals surface area contributed by atoms with Crippen molar-refractivity contribution in [3.8, 4) is 11.3 Å². The Bertz CT molecular complexity index is 516. The molecule has 0 fully saturated rings. The maximum Gasteiger partial charge on any atom is 0.0901 e. The SMILES string of the molecule is CCC(C)C(C)Nc1ccc(-c2csc(C)n2)cc1. The highest BCUT2D eigenvalue weighted by atomic mass is 32.1. The monoisotopic (exact) mass is 274 g/mol. The number of thiazole rings is 1. The van der Waals surface area contributed by atoms with Crippen molar-refractivity contribution in [2.45, 2.75) is 40.2 Å². The summed E-state index contributed by atoms with van der Waals surface area (Å²) in [4.78, 5) is 4.51. The molecule has 102 valence electrons. The fourth-order valence-electron chi connectivity index (χ4n) is 1.99. The molecule has 0 radical (unpaired) electrons. The van der Waals surface area contributed by atoms with Crippen molar-refractivity contribution < 1.29 is 0 Å². The van der Waals surface area contributed by atoms with Crippen molar-refractivity contribution >= 4 is 17.0 Å². The predicted octanol–water partition coefficient (Wildman–Crippen LogP) is 4.97. The molecule has 0 aliphatic heterocycles. The van der Waals surface area contributed by atoms with Gasteiger partial charge in [0, 0.05) is 22.7 Å². The van der Waals surface area contributed by atoms with Crippen LogP contribution in [0, 0.1) is 12.8 Å². The van der Waals surface area contributed by atoms with Crippen molar-refractivity contribution in [1.82, 2.24) is 4.98 Å². The zero-order valence-corrected chi connectivity index (χ0v) is 12.9. The number of aryl methyl sites for hydroxylation is 1. The minimum atomic E-state index is 0.498. The molecule has 19 heavy (non-hydrogen) atoms. The number of nitrogens with zero attached hydrogens (tertiary/aromatic N) is 1. The van der Waals surface area contributed by atoms with Gasteiger partial charge in [0.05, 0.1) is 10.7 Å². The van der Waals surface area contributed by atoms with Gasteiger partial charge in [-0.1, -0.05) is 32.4 Å². The summed E-state index contributed by atoms with van der Waals surface area (Å²) in [6.07, 6.45) is 1.20. The lowest BCUT2D eigenvalue weighted by molar-refractivity contribution is 0.494. The third kappa shape index (κ3) is 3.57. The molecule has 2 unspecified atom stereocenters. The van der Waals surface area contributed by atoms with Gasteiger partial charge in [0.1, 0.15) is 0 Å². The highest BCUT2D eigenvalue weighted by Crippen LogP contribution is 2.24. The topological polar surface area (TPSA) is 24.9 Å². The maximum absolute atomic E-state index is 4.51. The van der Waals surface area contributed by atoms with E-state index in [1.54, 1.807) is 11.3 Å². The largest absolute Gasteiger partial charge is 0.382 e. The molecular formula is C16H22N2S. The fourth-order valence-corrected chi connectivity index (χ4v) is 2.61. The summed E-state index contributed by atoms with van der Waals surface area (Å²) in [5, 5.41) is 6.78. The van der Waals surface area contributed by atoms with Gasteiger partial charge in [-0.25, -0.2) is 4.98 Å². The zero-order chi connectivity index (χ0) is 13.8. The molecular weight excluding hydrogens is 252 g/mol. The van der Waals surface area contributed by atoms with Crippen LogP contribution < -0.4 is 5.32 Å². The third-order valence-electron chi connectivity index (χ3n) is 3.69. The van der Waals surface area contributed by atoms with Gasteiger partial charge in [-0.2, -0.15) is 0 Å². The highest BCUT2D eigenvalue weighted by molar-refractivity contribution is 7.09. The second kappa shape index (κ2) is 6.20. The van der Waals surface area contributed by atoms with E-state index in [1.165, 1.54) is 17.7 Å². The van der Waals surface area contributed by atoms with E-state index in [0.717, 1.165) is 10.7 Å². The molecule has 0 bridgehead atoms. The van der Waals surface area contributed by atoms with Gasteiger partial charge in [0.15, 0.2) is 0 Å². The molecule has 0 aliphatic rings. The zero-order valence-electron chi connectivity index (χ0n) is 12.1. The Morgan fingerprint density at radius 2 is 1.89 bits per heavy atom. The lowest BCUT2D eigenvalue weighted by Crippen LogP contribution is -2.23. The molecule has 2 nitrogen and oxygen atoms in total. The van der Waals surface area contributed by atoms with Crippen LogP contribution in [0.2, 0.25) is 0 Å². The normalized spacial score (nSPS) is 14.1. The first-order chi connectivity index (χ1) is 9.10. The molecule has 1 heterocycles. The molecule has 2 atom stereocenters. The van der Waals surface area contributed by atoms with E-state index in [1.807, 2.05) is 6.92 Å². The van der Waals surface area contributed by atoms with E-state index < -0.39 is 0 Å². The van der Waals surface area contributed by atoms with Crippen molar-refractivity contribution in [3.05, 3.63) is 34.7 Å². The predicted molar refractivity (Wildman–Crippen MR) is 84.8 cm³/mol. The Morgan fingerprint density at radius 1 is 1.21 bits per heavy atom. The molecule has 1 aromatic heterocycles. The summed E-state index contributed by atoms with van der Waals surface area (Å²) >= 11 is 1.69. The van der Waals surface area contributed by atoms with Gasteiger partial charge in [0.25, 0.3) is 0 Å². The molecule has 0 saturated carbocycles. The molecule has 3 heteroatoms. The number of aromatic nitrogens is 1. The van der Waals surface area contributed by atoms with Crippen molar-refractivity contribution in [2.24, 2.45) is 5.92 Å². The van der Waals surface area contributed by atoms with Crippen molar-refractivity contribution in [3.63, 3.8) is 0 Å². The van der Waals surface area contributed by atoms with Gasteiger partial charge in [-0.3, -0.25) is 0 Å². The average Bonchev–Trinajstić information content (AvgIpc) is 2.85. The number of rotatable bonds is 5. The Hall–Kier alpha value is -1.35. The van der Waals surface area contributed by atoms with E-state index in [-0.39, 0.29) is 0 Å². The smallest absolute Gasteiger partial charge is 0.0901 e. The first-order valence-electron chi connectivity index (χ1n) is 6.89. The number of nitrogens with one attached hydrogen (secondary N) is 1. The molecule has 0 aliphatic carbocycles. The van der Waals surface area contributed by atoms with E-state index in [9.17, 15) is 0 Å². The minimum absolute atomic E-state index is 0.498. The molecule has 1 aromatic carbocycles. The maximum atomic E-state index is 4.51. The van der Waals surface area contributed by atoms with Crippen LogP contribution in [0.4, 0.5) is 5.69 Å². The lowest BCUT2D eigenvalue weighted by Gasteiger charge is -2.21. The van der Waals surface area contributed by atoms with E-state index in [2.05, 4.69) is 60.7 Å². The van der Waals surface area contributed by atoms with Gasteiger partial charge >= 0.3 is 0 Å². The molecule has 0 amide bonds. The van der Waals surface area contributed by atoms with Crippen molar-refractivity contribution in [2.75, 3.05) is 5.32 Å². The van der Waals surface area contributed by atoms with Crippen LogP contribution in [0.5, 0.6) is 0 Å². The van der Waals surface area contributed by atoms with Gasteiger partial charge in [0.2, 0.25) is 0 Å². The highest BCUT2D eigenvalue weighted by Gasteiger charge is 2.09. The van der Waals surface area contributed by atoms with Crippen LogP contribution in [0.25, 0.3) is 11.3 Å². The number of hydrogen-bond acceptors (Lipinski definition) is 3. The summed E-state index contributed by atoms with van der Waals surface area (Å²) in [5.41, 5.74) is 3.44. The van der Waals surface area contributed by atoms with Crippen LogP contribution in [-0.4, -0.2) is 11.0 Å². The second-order valence-corrected chi connectivity index (χ2v) is 6.21. The van der Waals surface area contributed by atoms with E-state index >= 15 is 0 Å². The fraction of sp³-hybridized carbons (Fsp3) is 0.438. The van der Waals surface area contributed by atoms with Crippen LogP contribution >= 0.6 is 11.3 Å². The Labute approximate surface area is 119 Å². The van der Waals surface area contributed by atoms with Crippen LogP contribution in [-0.2, 0) is 0 Å². The Kier molecular flexibility index (Phi) is 4.59. The first-order valence-corrected chi connectivity index (χ1v) is 7.77. The Balaban J connectivity index is 2.06. The van der Waals surface area contributed by atoms with Crippen LogP contribution in [0.15, 0.2) is 29.6 Å². The van der Waals surface area contributed by atoms with Gasteiger partial charge in [-0.05, 0) is 31.9 Å². The first kappa shape index (κ1) is 14.1. The van der Waals surface area contributed by atoms with Crippen LogP contribution in [0.3, 0.4) is 0 Å². The van der Waals surface area contributed by atoms with E-state index in [0.29, 0.717) is 12.0 Å². The third-order valence-corrected chi connectivity index (χ3v) is 4.47. The molecule has 1 N–H and O–H groups in total. The Morgan fingerprint density at radius 3 is 2.42 bits per heavy atom. The number of anilines is 1. The summed E-state index contributed by atoms with van der Waals surface area (Å²) in [5.74, 6) is 0.681.